The van der Waals surface area contributed by atoms with Crippen LogP contribution in [0.15, 0.2) is 73.1 Å². The van der Waals surface area contributed by atoms with Gasteiger partial charge in [0.15, 0.2) is 0 Å². The zero-order chi connectivity index (χ0) is 20.2. The van der Waals surface area contributed by atoms with E-state index in [1.165, 1.54) is 68.3 Å². The van der Waals surface area contributed by atoms with Gasteiger partial charge in [-0.25, -0.2) is 4.57 Å². The molecule has 3 rings (SSSR count). The van der Waals surface area contributed by atoms with Crippen molar-refractivity contribution in [3.8, 4) is 11.4 Å². The summed E-state index contributed by atoms with van der Waals surface area (Å²) < 4.78 is 4.78. The minimum atomic E-state index is 0.979. The van der Waals surface area contributed by atoms with Gasteiger partial charge < -0.3 is 0 Å². The second kappa shape index (κ2) is 12.5. The second-order valence-electron chi connectivity index (χ2n) is 7.74. The molecule has 3 heteroatoms. The van der Waals surface area contributed by atoms with Gasteiger partial charge in [-0.2, -0.15) is 3.97 Å². The van der Waals surface area contributed by atoms with E-state index in [1.54, 1.807) is 0 Å². The van der Waals surface area contributed by atoms with Crippen LogP contribution in [0.3, 0.4) is 0 Å². The smallest absolute Gasteiger partial charge is 0.229 e. The van der Waals surface area contributed by atoms with Gasteiger partial charge in [0.2, 0.25) is 0 Å². The minimum absolute atomic E-state index is 0.979. The Bertz CT molecular complexity index is 811. The van der Waals surface area contributed by atoms with E-state index < -0.39 is 0 Å². The number of imidazole rings is 1. The molecule has 1 aromatic heterocycles. The van der Waals surface area contributed by atoms with Crippen LogP contribution in [-0.4, -0.2) is 3.97 Å². The largest absolute Gasteiger partial charge is 0.300 e. The zero-order valence-corrected chi connectivity index (χ0v) is 18.6. The molecule has 0 atom stereocenters. The van der Waals surface area contributed by atoms with Crippen LogP contribution in [0.1, 0.15) is 63.9 Å². The lowest BCUT2D eigenvalue weighted by Gasteiger charge is -2.05. The van der Waals surface area contributed by atoms with Crippen molar-refractivity contribution in [1.29, 1.82) is 0 Å². The van der Waals surface area contributed by atoms with Crippen molar-refractivity contribution in [1.82, 2.24) is 3.97 Å². The maximum Gasteiger partial charge on any atom is 0.300 e. The van der Waals surface area contributed by atoms with E-state index in [-0.39, 0.29) is 0 Å². The molecular weight excluding hydrogens is 372 g/mol. The van der Waals surface area contributed by atoms with Crippen LogP contribution in [-0.2, 0) is 12.3 Å². The van der Waals surface area contributed by atoms with Crippen molar-refractivity contribution < 1.29 is 4.57 Å². The highest BCUT2D eigenvalue weighted by atomic mass is 32.2. The summed E-state index contributed by atoms with van der Waals surface area (Å²) in [6, 6.07) is 21.5. The average molecular weight is 408 g/mol. The van der Waals surface area contributed by atoms with E-state index in [9.17, 15) is 0 Å². The second-order valence-corrected chi connectivity index (χ2v) is 8.68. The molecule has 3 aromatic rings. The molecule has 0 bridgehead atoms. The van der Waals surface area contributed by atoms with Crippen molar-refractivity contribution in [3.05, 3.63) is 78.6 Å². The predicted molar refractivity (Wildman–Crippen MR) is 126 cm³/mol. The molecule has 0 saturated heterocycles. The van der Waals surface area contributed by atoms with Gasteiger partial charge in [-0.1, -0.05) is 94.0 Å². The lowest BCUT2D eigenvalue weighted by Crippen LogP contribution is -2.34. The van der Waals surface area contributed by atoms with Crippen molar-refractivity contribution in [2.45, 2.75) is 70.6 Å². The molecule has 0 saturated carbocycles. The quantitative estimate of drug-likeness (QED) is 0.214. The van der Waals surface area contributed by atoms with Gasteiger partial charge >= 0.3 is 5.82 Å². The lowest BCUT2D eigenvalue weighted by atomic mass is 10.1. The molecule has 0 aliphatic heterocycles. The topological polar surface area (TPSA) is 8.81 Å². The summed E-state index contributed by atoms with van der Waals surface area (Å²) in [7, 11) is 0. The molecule has 2 aromatic carbocycles. The van der Waals surface area contributed by atoms with Crippen LogP contribution in [0, 0.1) is 0 Å². The third kappa shape index (κ3) is 7.08. The molecule has 0 amide bonds. The molecule has 0 spiro atoms. The predicted octanol–water partition coefficient (Wildman–Crippen LogP) is 7.28. The summed E-state index contributed by atoms with van der Waals surface area (Å²) >= 11 is 1.87. The number of aromatic nitrogens is 2. The summed E-state index contributed by atoms with van der Waals surface area (Å²) in [5, 5.41) is 0. The maximum absolute atomic E-state index is 2.43. The Morgan fingerprint density at radius 1 is 0.759 bits per heavy atom. The fourth-order valence-corrected chi connectivity index (χ4v) is 4.66. The van der Waals surface area contributed by atoms with Crippen LogP contribution in [0.5, 0.6) is 0 Å². The van der Waals surface area contributed by atoms with Gasteiger partial charge in [-0.05, 0) is 30.5 Å². The third-order valence-corrected chi connectivity index (χ3v) is 6.40. The number of benzene rings is 2. The number of hydrogen-bond donors (Lipinski definition) is 0. The van der Waals surface area contributed by atoms with Crippen molar-refractivity contribution in [2.24, 2.45) is 0 Å². The summed E-state index contributed by atoms with van der Waals surface area (Å²) in [6.07, 6.45) is 15.4. The summed E-state index contributed by atoms with van der Waals surface area (Å²) in [6.45, 7) is 3.38. The Labute approximate surface area is 181 Å². The van der Waals surface area contributed by atoms with Gasteiger partial charge in [0.1, 0.15) is 12.4 Å². The molecule has 154 valence electrons. The van der Waals surface area contributed by atoms with E-state index in [0.717, 1.165) is 12.3 Å². The first kappa shape index (κ1) is 21.7. The highest BCUT2D eigenvalue weighted by Gasteiger charge is 2.20. The first-order valence-electron chi connectivity index (χ1n) is 11.2. The van der Waals surface area contributed by atoms with E-state index in [4.69, 9.17) is 0 Å². The standard InChI is InChI=1S/C26H35N2S/c1-2-3-4-5-6-7-8-15-20-27-21-22-28(26(27)25-18-13-10-14-19-25)29-23-24-16-11-9-12-17-24/h9-14,16-19,21-22H,2-8,15,20,23H2,1H3/q+1. The molecule has 29 heavy (non-hydrogen) atoms. The fourth-order valence-electron chi connectivity index (χ4n) is 3.71. The molecular formula is C26H35N2S+. The average Bonchev–Trinajstić information content (AvgIpc) is 3.18. The Morgan fingerprint density at radius 3 is 2.07 bits per heavy atom. The molecule has 0 fully saturated rings. The SMILES string of the molecule is CCCCCCCCCC[n+]1ccn(SCc2ccccc2)c1-c1ccccc1. The Hall–Kier alpha value is -2.00. The molecule has 0 aliphatic carbocycles. The van der Waals surface area contributed by atoms with E-state index in [2.05, 4.69) is 88.5 Å². The fraction of sp³-hybridized carbons (Fsp3) is 0.423. The van der Waals surface area contributed by atoms with Gasteiger partial charge in [0, 0.05) is 0 Å². The minimum Gasteiger partial charge on any atom is -0.229 e. The molecule has 0 aliphatic rings. The van der Waals surface area contributed by atoms with Crippen LogP contribution in [0.4, 0.5) is 0 Å². The first-order chi connectivity index (χ1) is 14.4. The van der Waals surface area contributed by atoms with Crippen molar-refractivity contribution in [2.75, 3.05) is 0 Å². The summed E-state index contributed by atoms with van der Waals surface area (Å²) in [5.74, 6) is 2.28. The van der Waals surface area contributed by atoms with Gasteiger partial charge in [-0.15, -0.1) is 0 Å². The van der Waals surface area contributed by atoms with Crippen LogP contribution in [0.2, 0.25) is 0 Å². The monoisotopic (exact) mass is 407 g/mol. The molecule has 1 heterocycles. The number of hydrogen-bond acceptors (Lipinski definition) is 1. The normalized spacial score (nSPS) is 11.1. The van der Waals surface area contributed by atoms with E-state index in [0.29, 0.717) is 0 Å². The third-order valence-electron chi connectivity index (χ3n) is 5.36. The van der Waals surface area contributed by atoms with Crippen molar-refractivity contribution in [3.63, 3.8) is 0 Å². The lowest BCUT2D eigenvalue weighted by molar-refractivity contribution is -0.685. The first-order valence-corrected chi connectivity index (χ1v) is 12.2. The van der Waals surface area contributed by atoms with E-state index >= 15 is 0 Å². The number of aryl methyl sites for hydroxylation is 1. The number of nitrogens with zero attached hydrogens (tertiary/aromatic N) is 2. The highest BCUT2D eigenvalue weighted by molar-refractivity contribution is 7.97. The van der Waals surface area contributed by atoms with Crippen LogP contribution in [0.25, 0.3) is 11.4 Å². The molecule has 0 N–H and O–H groups in total. The highest BCUT2D eigenvalue weighted by Crippen LogP contribution is 2.23. The Kier molecular flexibility index (Phi) is 9.38. The van der Waals surface area contributed by atoms with Crippen molar-refractivity contribution >= 4 is 11.9 Å². The molecule has 0 unspecified atom stereocenters. The summed E-state index contributed by atoms with van der Waals surface area (Å²) in [4.78, 5) is 0. The van der Waals surface area contributed by atoms with Crippen LogP contribution < -0.4 is 4.57 Å². The molecule has 0 radical (unpaired) electrons. The summed E-state index contributed by atoms with van der Waals surface area (Å²) in [5.41, 5.74) is 2.65. The Morgan fingerprint density at radius 2 is 1.38 bits per heavy atom. The van der Waals surface area contributed by atoms with Gasteiger partial charge in [0.25, 0.3) is 0 Å². The van der Waals surface area contributed by atoms with Gasteiger partial charge in [0.05, 0.1) is 29.8 Å². The Balaban J connectivity index is 1.59. The van der Waals surface area contributed by atoms with Gasteiger partial charge in [-0.3, -0.25) is 0 Å². The zero-order valence-electron chi connectivity index (χ0n) is 17.8. The number of rotatable bonds is 13. The van der Waals surface area contributed by atoms with Crippen LogP contribution >= 0.6 is 11.9 Å². The van der Waals surface area contributed by atoms with E-state index in [1.807, 2.05) is 11.9 Å². The maximum atomic E-state index is 2.43. The number of unbranched alkanes of at least 4 members (excludes halogenated alkanes) is 7. The molecule has 2 nitrogen and oxygen atoms in total.